The van der Waals surface area contributed by atoms with Crippen LogP contribution in [0.1, 0.15) is 6.92 Å². The van der Waals surface area contributed by atoms with Crippen molar-refractivity contribution in [3.63, 3.8) is 0 Å². The van der Waals surface area contributed by atoms with Crippen LogP contribution in [0.3, 0.4) is 0 Å². The number of hydrogen-bond donors (Lipinski definition) is 3. The van der Waals surface area contributed by atoms with Crippen LogP contribution >= 0.6 is 0 Å². The topological polar surface area (TPSA) is 87.0 Å². The van der Waals surface area contributed by atoms with Crippen molar-refractivity contribution in [3.8, 4) is 0 Å². The summed E-state index contributed by atoms with van der Waals surface area (Å²) in [5, 5.41) is 27.6. The minimum absolute atomic E-state index is 0.630. The van der Waals surface area contributed by atoms with Gasteiger partial charge >= 0.3 is 5.97 Å². The number of carbonyl (C=O) groups excluding carboxylic acids is 1. The molecule has 0 fully saturated rings. The van der Waals surface area contributed by atoms with Gasteiger partial charge in [-0.25, -0.2) is 4.79 Å². The molecule has 0 saturated carbocycles. The van der Waals surface area contributed by atoms with Gasteiger partial charge in [0.05, 0.1) is 6.10 Å². The molecule has 0 aromatic rings. The van der Waals surface area contributed by atoms with Crippen LogP contribution in [0.15, 0.2) is 12.2 Å². The number of rotatable bonds is 2. The molecule has 5 nitrogen and oxygen atoms in total. The maximum Gasteiger partial charge on any atom is 0.330 e. The van der Waals surface area contributed by atoms with Gasteiger partial charge in [0, 0.05) is 6.08 Å². The molecule has 1 heterocycles. The molecular formula is C8H12O5. The Bertz CT molecular complexity index is 223. The smallest absolute Gasteiger partial charge is 0.330 e. The second-order valence-electron chi connectivity index (χ2n) is 2.98. The predicted molar refractivity (Wildman–Crippen MR) is 42.7 cm³/mol. The molecule has 13 heavy (non-hydrogen) atoms. The van der Waals surface area contributed by atoms with Crippen molar-refractivity contribution in [3.05, 3.63) is 12.2 Å². The summed E-state index contributed by atoms with van der Waals surface area (Å²) < 4.78 is 4.64. The quantitative estimate of drug-likeness (QED) is 0.462. The van der Waals surface area contributed by atoms with Gasteiger partial charge in [0.25, 0.3) is 0 Å². The van der Waals surface area contributed by atoms with E-state index in [-0.39, 0.29) is 0 Å². The summed E-state index contributed by atoms with van der Waals surface area (Å²) in [6.07, 6.45) is -2.18. The molecular weight excluding hydrogens is 176 g/mol. The molecule has 0 amide bonds. The second kappa shape index (κ2) is 3.87. The fourth-order valence-electron chi connectivity index (χ4n) is 1.08. The van der Waals surface area contributed by atoms with Crippen molar-refractivity contribution in [2.75, 3.05) is 0 Å². The summed E-state index contributed by atoms with van der Waals surface area (Å²) in [7, 11) is 0. The first-order valence-corrected chi connectivity index (χ1v) is 3.95. The van der Waals surface area contributed by atoms with Crippen molar-refractivity contribution in [1.82, 2.24) is 0 Å². The van der Waals surface area contributed by atoms with Gasteiger partial charge in [0.2, 0.25) is 0 Å². The van der Waals surface area contributed by atoms with Crippen molar-refractivity contribution in [1.29, 1.82) is 0 Å². The minimum atomic E-state index is -1.27. The van der Waals surface area contributed by atoms with Gasteiger partial charge in [-0.05, 0) is 13.0 Å². The first kappa shape index (κ1) is 10.2. The lowest BCUT2D eigenvalue weighted by Gasteiger charge is -2.29. The van der Waals surface area contributed by atoms with Crippen molar-refractivity contribution >= 4 is 5.97 Å². The van der Waals surface area contributed by atoms with E-state index in [9.17, 15) is 15.0 Å². The largest absolute Gasteiger partial charge is 0.453 e. The maximum absolute atomic E-state index is 10.7. The third-order valence-electron chi connectivity index (χ3n) is 1.85. The average molecular weight is 188 g/mol. The highest BCUT2D eigenvalue weighted by molar-refractivity contribution is 5.83. The van der Waals surface area contributed by atoms with Gasteiger partial charge in [-0.1, -0.05) is 0 Å². The number of cyclic esters (lactones) is 1. The summed E-state index contributed by atoms with van der Waals surface area (Å²) in [5.74, 6) is -0.630. The van der Waals surface area contributed by atoms with Crippen LogP contribution in [0, 0.1) is 0 Å². The van der Waals surface area contributed by atoms with E-state index in [0.29, 0.717) is 0 Å². The molecule has 0 radical (unpaired) electrons. The molecule has 0 aromatic carbocycles. The number of ether oxygens (including phenoxy) is 1. The Morgan fingerprint density at radius 3 is 2.69 bits per heavy atom. The summed E-state index contributed by atoms with van der Waals surface area (Å²) in [5.41, 5.74) is 0. The lowest BCUT2D eigenvalue weighted by Crippen LogP contribution is -2.47. The number of carbonyl (C=O) groups is 1. The van der Waals surface area contributed by atoms with Gasteiger partial charge in [-0.2, -0.15) is 0 Å². The number of aliphatic hydroxyl groups excluding tert-OH is 3. The van der Waals surface area contributed by atoms with Gasteiger partial charge in [-0.3, -0.25) is 0 Å². The van der Waals surface area contributed by atoms with E-state index in [1.165, 1.54) is 13.0 Å². The molecule has 0 aromatic heterocycles. The van der Waals surface area contributed by atoms with Crippen LogP contribution < -0.4 is 0 Å². The molecule has 0 aliphatic carbocycles. The summed E-state index contributed by atoms with van der Waals surface area (Å²) in [4.78, 5) is 10.7. The highest BCUT2D eigenvalue weighted by Crippen LogP contribution is 2.14. The van der Waals surface area contributed by atoms with Gasteiger partial charge in [-0.15, -0.1) is 0 Å². The number of hydrogen-bond acceptors (Lipinski definition) is 5. The Labute approximate surface area is 75.3 Å². The Morgan fingerprint density at radius 2 is 2.15 bits per heavy atom. The zero-order valence-electron chi connectivity index (χ0n) is 7.12. The van der Waals surface area contributed by atoms with E-state index < -0.39 is 30.4 Å². The van der Waals surface area contributed by atoms with Gasteiger partial charge in [0.15, 0.2) is 6.10 Å². The molecule has 74 valence electrons. The standard InChI is InChI=1S/C8H12O5/c1-4(9)7(12)8-5(10)2-3-6(11)13-8/h2-5,7-10,12H,1H3/t4-,5+,7-,8-/m1/s1. The lowest BCUT2D eigenvalue weighted by molar-refractivity contribution is -0.165. The van der Waals surface area contributed by atoms with E-state index in [4.69, 9.17) is 5.11 Å². The van der Waals surface area contributed by atoms with E-state index in [1.54, 1.807) is 0 Å². The van der Waals surface area contributed by atoms with Crippen LogP contribution in [-0.2, 0) is 9.53 Å². The Kier molecular flexibility index (Phi) is 3.02. The molecule has 4 atom stereocenters. The average Bonchev–Trinajstić information content (AvgIpc) is 2.08. The maximum atomic E-state index is 10.7. The monoisotopic (exact) mass is 188 g/mol. The number of esters is 1. The van der Waals surface area contributed by atoms with E-state index in [2.05, 4.69) is 4.74 Å². The van der Waals surface area contributed by atoms with Crippen LogP contribution in [0.2, 0.25) is 0 Å². The van der Waals surface area contributed by atoms with Crippen molar-refractivity contribution < 1.29 is 24.9 Å². The van der Waals surface area contributed by atoms with Gasteiger partial charge < -0.3 is 20.1 Å². The van der Waals surface area contributed by atoms with E-state index in [0.717, 1.165) is 6.08 Å². The first-order chi connectivity index (χ1) is 6.02. The Balaban J connectivity index is 2.69. The first-order valence-electron chi connectivity index (χ1n) is 3.95. The van der Waals surface area contributed by atoms with Gasteiger partial charge in [0.1, 0.15) is 12.2 Å². The molecule has 5 heteroatoms. The molecule has 1 aliphatic heterocycles. The predicted octanol–water partition coefficient (Wildman–Crippen LogP) is -1.43. The Hall–Kier alpha value is -0.910. The third kappa shape index (κ3) is 2.27. The summed E-state index contributed by atoms with van der Waals surface area (Å²) >= 11 is 0. The SMILES string of the molecule is C[C@@H](O)[C@@H](O)[C@@H]1OC(=O)C=C[C@@H]1O. The molecule has 0 bridgehead atoms. The third-order valence-corrected chi connectivity index (χ3v) is 1.85. The zero-order chi connectivity index (χ0) is 10.0. The molecule has 0 unspecified atom stereocenters. The Morgan fingerprint density at radius 1 is 1.54 bits per heavy atom. The highest BCUT2D eigenvalue weighted by atomic mass is 16.6. The summed E-state index contributed by atoms with van der Waals surface area (Å²) in [6.45, 7) is 1.35. The minimum Gasteiger partial charge on any atom is -0.453 e. The van der Waals surface area contributed by atoms with Crippen LogP contribution in [0.4, 0.5) is 0 Å². The number of aliphatic hydroxyl groups is 3. The molecule has 0 spiro atoms. The van der Waals surface area contributed by atoms with Crippen LogP contribution in [0.25, 0.3) is 0 Å². The fourth-order valence-corrected chi connectivity index (χ4v) is 1.08. The van der Waals surface area contributed by atoms with Crippen LogP contribution in [0.5, 0.6) is 0 Å². The van der Waals surface area contributed by atoms with E-state index >= 15 is 0 Å². The van der Waals surface area contributed by atoms with Crippen LogP contribution in [-0.4, -0.2) is 45.7 Å². The molecule has 0 saturated heterocycles. The highest BCUT2D eigenvalue weighted by Gasteiger charge is 2.34. The lowest BCUT2D eigenvalue weighted by atomic mass is 10.0. The molecule has 1 rings (SSSR count). The summed E-state index contributed by atoms with van der Waals surface area (Å²) in [6, 6.07) is 0. The molecule has 1 aliphatic rings. The van der Waals surface area contributed by atoms with Crippen molar-refractivity contribution in [2.45, 2.75) is 31.3 Å². The van der Waals surface area contributed by atoms with Crippen molar-refractivity contribution in [2.24, 2.45) is 0 Å². The normalized spacial score (nSPS) is 32.5. The molecule has 3 N–H and O–H groups in total. The van der Waals surface area contributed by atoms with E-state index in [1.807, 2.05) is 0 Å². The fraction of sp³-hybridized carbons (Fsp3) is 0.625. The zero-order valence-corrected chi connectivity index (χ0v) is 7.12. The second-order valence-corrected chi connectivity index (χ2v) is 2.98.